The molecule has 0 aliphatic rings. The molecule has 65 heavy (non-hydrogen) atoms. The van der Waals surface area contributed by atoms with Gasteiger partial charge in [0.25, 0.3) is 0 Å². The van der Waals surface area contributed by atoms with Gasteiger partial charge in [-0.15, -0.1) is 0 Å². The molecule has 0 unspecified atom stereocenters. The molecule has 5 heteroatoms. The molecule has 0 radical (unpaired) electrons. The minimum absolute atomic E-state index is 0.817. The van der Waals surface area contributed by atoms with Crippen LogP contribution >= 0.6 is 0 Å². The smallest absolute Gasteiger partial charge is 0.221 e. The van der Waals surface area contributed by atoms with Crippen LogP contribution in [0.15, 0.2) is 224 Å². The number of nitrogens with zero attached hydrogens (tertiary/aromatic N) is 5. The van der Waals surface area contributed by atoms with Gasteiger partial charge >= 0.3 is 0 Å². The number of rotatable bonds is 5. The van der Waals surface area contributed by atoms with Crippen LogP contribution < -0.4 is 0 Å². The molecule has 5 nitrogen and oxygen atoms in total. The molecule has 0 N–H and O–H groups in total. The van der Waals surface area contributed by atoms with Crippen LogP contribution in [-0.2, 0) is 0 Å². The zero-order valence-corrected chi connectivity index (χ0v) is 35.1. The molecule has 14 aromatic rings. The molecule has 0 spiro atoms. The van der Waals surface area contributed by atoms with E-state index in [1.54, 1.807) is 0 Å². The fourth-order valence-electron chi connectivity index (χ4n) is 10.4. The molecule has 4 heterocycles. The quantitative estimate of drug-likeness (QED) is 0.173. The minimum Gasteiger partial charge on any atom is -0.309 e. The van der Waals surface area contributed by atoms with Crippen LogP contribution in [0.25, 0.3) is 127 Å². The standard InChI is InChI=1S/C60H37N5/c1-3-13-38(14-4-1)42-26-31-53-48(35-42)49-36-43(39-15-5-2-6-16-39)27-32-54(49)63(53)45-29-23-40(24-30-45)44-28-33-55-50(37-44)58-46-18-8-7-17-41(46)25-34-57(58)64(55)60-62-51-20-10-9-19-47(51)59-61-52-21-11-12-22-56(52)65(59)60/h1-37H. The van der Waals surface area contributed by atoms with E-state index in [0.29, 0.717) is 0 Å². The van der Waals surface area contributed by atoms with E-state index in [1.165, 1.54) is 65.6 Å². The molecule has 0 atom stereocenters. The van der Waals surface area contributed by atoms with Gasteiger partial charge in [0.15, 0.2) is 0 Å². The van der Waals surface area contributed by atoms with Gasteiger partial charge in [0.1, 0.15) is 5.65 Å². The Bertz CT molecular complexity index is 4120. The fourth-order valence-corrected chi connectivity index (χ4v) is 10.4. The Kier molecular flexibility index (Phi) is 7.62. The number of aromatic nitrogens is 5. The van der Waals surface area contributed by atoms with E-state index in [9.17, 15) is 0 Å². The van der Waals surface area contributed by atoms with Crippen molar-refractivity contribution in [3.8, 4) is 45.0 Å². The third-order valence-electron chi connectivity index (χ3n) is 13.4. The van der Waals surface area contributed by atoms with Gasteiger partial charge in [-0.1, -0.05) is 146 Å². The summed E-state index contributed by atoms with van der Waals surface area (Å²) < 4.78 is 6.99. The first-order chi connectivity index (χ1) is 32.2. The molecular formula is C60H37N5. The van der Waals surface area contributed by atoms with E-state index in [-0.39, 0.29) is 0 Å². The van der Waals surface area contributed by atoms with E-state index in [1.807, 2.05) is 0 Å². The summed E-state index contributed by atoms with van der Waals surface area (Å²) in [7, 11) is 0. The maximum Gasteiger partial charge on any atom is 0.221 e. The zero-order valence-electron chi connectivity index (χ0n) is 35.1. The van der Waals surface area contributed by atoms with Crippen molar-refractivity contribution in [3.05, 3.63) is 224 Å². The summed E-state index contributed by atoms with van der Waals surface area (Å²) in [5, 5.41) is 8.30. The average Bonchev–Trinajstić information content (AvgIpc) is 4.04. The average molecular weight is 828 g/mol. The summed E-state index contributed by atoms with van der Waals surface area (Å²) in [5.41, 5.74) is 16.6. The van der Waals surface area contributed by atoms with Gasteiger partial charge in [0.2, 0.25) is 5.95 Å². The summed E-state index contributed by atoms with van der Waals surface area (Å²) in [6.45, 7) is 0. The predicted molar refractivity (Wildman–Crippen MR) is 270 cm³/mol. The van der Waals surface area contributed by atoms with Gasteiger partial charge in [-0.25, -0.2) is 9.97 Å². The van der Waals surface area contributed by atoms with Crippen molar-refractivity contribution in [1.29, 1.82) is 0 Å². The first-order valence-electron chi connectivity index (χ1n) is 22.2. The van der Waals surface area contributed by atoms with Gasteiger partial charge in [0, 0.05) is 32.6 Å². The number of hydrogen-bond donors (Lipinski definition) is 0. The molecular weight excluding hydrogens is 791 g/mol. The summed E-state index contributed by atoms with van der Waals surface area (Å²) in [5.74, 6) is 0.817. The van der Waals surface area contributed by atoms with E-state index in [0.717, 1.165) is 61.4 Å². The SMILES string of the molecule is c1ccc(-c2ccc3c(c2)c2cc(-c4ccccc4)ccc2n3-c2ccc(-c3ccc4c(c3)c3c5ccccc5ccc3n4-c3nc4ccccc4c4nc5ccccc5n34)cc2)cc1. The molecule has 0 aliphatic carbocycles. The van der Waals surface area contributed by atoms with Crippen molar-refractivity contribution in [3.63, 3.8) is 0 Å². The lowest BCUT2D eigenvalue weighted by molar-refractivity contribution is 0.980. The molecule has 10 aromatic carbocycles. The van der Waals surface area contributed by atoms with E-state index >= 15 is 0 Å². The number of fused-ring (bicyclic) bond motifs is 13. The highest BCUT2D eigenvalue weighted by atomic mass is 15.2. The third kappa shape index (κ3) is 5.39. The summed E-state index contributed by atoms with van der Waals surface area (Å²) in [4.78, 5) is 10.6. The molecule has 4 aromatic heterocycles. The molecule has 0 amide bonds. The fraction of sp³-hybridized carbons (Fsp3) is 0. The second-order valence-electron chi connectivity index (χ2n) is 17.0. The second-order valence-corrected chi connectivity index (χ2v) is 17.0. The van der Waals surface area contributed by atoms with Crippen LogP contribution in [0, 0.1) is 0 Å². The maximum absolute atomic E-state index is 5.43. The van der Waals surface area contributed by atoms with E-state index < -0.39 is 0 Å². The van der Waals surface area contributed by atoms with Gasteiger partial charge in [-0.3, -0.25) is 8.97 Å². The van der Waals surface area contributed by atoms with Crippen LogP contribution in [0.3, 0.4) is 0 Å². The number of imidazole rings is 1. The van der Waals surface area contributed by atoms with Crippen LogP contribution in [-0.4, -0.2) is 23.5 Å². The Balaban J connectivity index is 0.954. The molecule has 0 saturated heterocycles. The van der Waals surface area contributed by atoms with Crippen LogP contribution in [0.1, 0.15) is 0 Å². The molecule has 0 bridgehead atoms. The molecule has 0 saturated carbocycles. The highest BCUT2D eigenvalue weighted by Gasteiger charge is 2.22. The number of benzene rings is 10. The van der Waals surface area contributed by atoms with Crippen molar-refractivity contribution in [2.24, 2.45) is 0 Å². The monoisotopic (exact) mass is 827 g/mol. The van der Waals surface area contributed by atoms with Crippen molar-refractivity contribution in [2.45, 2.75) is 0 Å². The Hall–Kier alpha value is -8.80. The predicted octanol–water partition coefficient (Wildman–Crippen LogP) is 15.4. The van der Waals surface area contributed by atoms with Gasteiger partial charge in [0.05, 0.1) is 38.6 Å². The molecule has 302 valence electrons. The normalized spacial score (nSPS) is 12.0. The maximum atomic E-state index is 5.43. The number of para-hydroxylation sites is 3. The minimum atomic E-state index is 0.817. The van der Waals surface area contributed by atoms with Crippen LogP contribution in [0.5, 0.6) is 0 Å². The van der Waals surface area contributed by atoms with Gasteiger partial charge in [-0.05, 0) is 123 Å². The van der Waals surface area contributed by atoms with Crippen molar-refractivity contribution in [1.82, 2.24) is 23.5 Å². The Morgan fingerprint density at radius 3 is 1.48 bits per heavy atom. The van der Waals surface area contributed by atoms with Crippen molar-refractivity contribution in [2.75, 3.05) is 0 Å². The Morgan fingerprint density at radius 1 is 0.292 bits per heavy atom. The zero-order chi connectivity index (χ0) is 42.6. The lowest BCUT2D eigenvalue weighted by atomic mass is 10.00. The largest absolute Gasteiger partial charge is 0.309 e. The lowest BCUT2D eigenvalue weighted by Crippen LogP contribution is -2.06. The van der Waals surface area contributed by atoms with Crippen molar-refractivity contribution >= 4 is 82.0 Å². The number of hydrogen-bond acceptors (Lipinski definition) is 2. The highest BCUT2D eigenvalue weighted by Crippen LogP contribution is 2.41. The lowest BCUT2D eigenvalue weighted by Gasteiger charge is -2.13. The molecule has 0 aliphatic heterocycles. The van der Waals surface area contributed by atoms with E-state index in [4.69, 9.17) is 9.97 Å². The molecule has 14 rings (SSSR count). The van der Waals surface area contributed by atoms with Crippen LogP contribution in [0.2, 0.25) is 0 Å². The Morgan fingerprint density at radius 2 is 0.800 bits per heavy atom. The third-order valence-corrected chi connectivity index (χ3v) is 13.4. The van der Waals surface area contributed by atoms with Crippen LogP contribution in [0.4, 0.5) is 0 Å². The topological polar surface area (TPSA) is 40.0 Å². The van der Waals surface area contributed by atoms with Crippen molar-refractivity contribution < 1.29 is 0 Å². The highest BCUT2D eigenvalue weighted by molar-refractivity contribution is 6.22. The second kappa shape index (κ2) is 13.9. The first kappa shape index (κ1) is 35.8. The molecule has 0 fully saturated rings. The van der Waals surface area contributed by atoms with E-state index in [2.05, 4.69) is 238 Å². The first-order valence-corrected chi connectivity index (χ1v) is 22.2. The Labute approximate surface area is 373 Å². The summed E-state index contributed by atoms with van der Waals surface area (Å²) >= 11 is 0. The van der Waals surface area contributed by atoms with Gasteiger partial charge < -0.3 is 4.57 Å². The summed E-state index contributed by atoms with van der Waals surface area (Å²) in [6, 6.07) is 81.0. The summed E-state index contributed by atoms with van der Waals surface area (Å²) in [6.07, 6.45) is 0. The van der Waals surface area contributed by atoms with Gasteiger partial charge in [-0.2, -0.15) is 0 Å².